The molecule has 3 aromatic rings. The molecule has 0 atom stereocenters. The number of carbonyl (C=O) groups is 1. The Hall–Kier alpha value is -3.09. The molecule has 13 heteroatoms. The topological polar surface area (TPSA) is 99.4 Å². The van der Waals surface area contributed by atoms with Crippen molar-refractivity contribution in [3.63, 3.8) is 0 Å². The second kappa shape index (κ2) is 9.65. The molecule has 0 aliphatic carbocycles. The van der Waals surface area contributed by atoms with Crippen LogP contribution in [0.5, 0.6) is 0 Å². The summed E-state index contributed by atoms with van der Waals surface area (Å²) in [6.07, 6.45) is -3.34. The molecule has 1 aliphatic rings. The van der Waals surface area contributed by atoms with Crippen LogP contribution in [-0.4, -0.2) is 54.0 Å². The van der Waals surface area contributed by atoms with Gasteiger partial charge in [0.05, 0.1) is 23.1 Å². The molecule has 1 saturated heterocycles. The molecule has 34 heavy (non-hydrogen) atoms. The van der Waals surface area contributed by atoms with Gasteiger partial charge in [-0.15, -0.1) is 11.3 Å². The highest BCUT2D eigenvalue weighted by atomic mass is 35.5. The summed E-state index contributed by atoms with van der Waals surface area (Å²) in [5.74, 6) is -0.612. The van der Waals surface area contributed by atoms with Crippen LogP contribution in [0.1, 0.15) is 15.2 Å². The smallest absolute Gasteiger partial charge is 0.369 e. The minimum atomic E-state index is -4.59. The molecule has 0 unspecified atom stereocenters. The fourth-order valence-electron chi connectivity index (χ4n) is 3.50. The molecule has 2 aromatic heterocycles. The Labute approximate surface area is 202 Å². The Balaban J connectivity index is 1.61. The van der Waals surface area contributed by atoms with Crippen molar-refractivity contribution in [2.45, 2.75) is 6.18 Å². The predicted molar refractivity (Wildman–Crippen MR) is 128 cm³/mol. The van der Waals surface area contributed by atoms with E-state index in [9.17, 15) is 18.0 Å². The maximum atomic E-state index is 13.9. The van der Waals surface area contributed by atoms with Gasteiger partial charge in [0.15, 0.2) is 5.82 Å². The second-order valence-corrected chi connectivity index (χ2v) is 9.01. The van der Waals surface area contributed by atoms with Crippen molar-refractivity contribution in [2.24, 2.45) is 5.73 Å². The number of thiophene rings is 1. The van der Waals surface area contributed by atoms with Gasteiger partial charge in [-0.25, -0.2) is 4.98 Å². The fraction of sp³-hybridized carbons (Fsp3) is 0.286. The predicted octanol–water partition coefficient (Wildman–Crippen LogP) is 4.55. The normalized spacial score (nSPS) is 14.8. The van der Waals surface area contributed by atoms with Crippen molar-refractivity contribution >= 4 is 57.7 Å². The highest BCUT2D eigenvalue weighted by Gasteiger charge is 2.35. The van der Waals surface area contributed by atoms with Crippen LogP contribution in [0.4, 0.5) is 42.0 Å². The van der Waals surface area contributed by atoms with E-state index in [1.54, 1.807) is 17.5 Å². The van der Waals surface area contributed by atoms with Gasteiger partial charge in [-0.1, -0.05) is 11.6 Å². The van der Waals surface area contributed by atoms with Crippen LogP contribution >= 0.6 is 22.9 Å². The van der Waals surface area contributed by atoms with E-state index in [4.69, 9.17) is 17.3 Å². The molecule has 0 saturated carbocycles. The van der Waals surface area contributed by atoms with Crippen molar-refractivity contribution in [3.8, 4) is 0 Å². The van der Waals surface area contributed by atoms with Crippen LogP contribution < -0.4 is 21.3 Å². The number of nitrogens with two attached hydrogens (primary N) is 1. The molecule has 4 N–H and O–H groups in total. The average Bonchev–Trinajstić information content (AvgIpc) is 3.25. The molecule has 1 aliphatic heterocycles. The molecule has 0 bridgehead atoms. The Kier molecular flexibility index (Phi) is 6.82. The first-order valence-electron chi connectivity index (χ1n) is 10.2. The van der Waals surface area contributed by atoms with E-state index in [0.717, 1.165) is 30.5 Å². The third kappa shape index (κ3) is 5.34. The van der Waals surface area contributed by atoms with E-state index in [2.05, 4.69) is 25.5 Å². The molecule has 0 spiro atoms. The summed E-state index contributed by atoms with van der Waals surface area (Å²) in [6, 6.07) is 5.76. The van der Waals surface area contributed by atoms with Crippen LogP contribution in [0.3, 0.4) is 0 Å². The van der Waals surface area contributed by atoms with E-state index in [1.165, 1.54) is 12.3 Å². The van der Waals surface area contributed by atoms with Crippen molar-refractivity contribution in [3.05, 3.63) is 51.3 Å². The Morgan fingerprint density at radius 3 is 2.56 bits per heavy atom. The van der Waals surface area contributed by atoms with Crippen molar-refractivity contribution in [1.29, 1.82) is 0 Å². The van der Waals surface area contributed by atoms with Crippen molar-refractivity contribution in [2.75, 3.05) is 48.8 Å². The van der Waals surface area contributed by atoms with Gasteiger partial charge in [0.25, 0.3) is 5.91 Å². The molecule has 180 valence electrons. The Morgan fingerprint density at radius 1 is 1.15 bits per heavy atom. The maximum absolute atomic E-state index is 13.9. The van der Waals surface area contributed by atoms with Crippen LogP contribution in [0.15, 0.2) is 35.8 Å². The fourth-order valence-corrected chi connectivity index (χ4v) is 4.34. The number of primary amides is 1. The summed E-state index contributed by atoms with van der Waals surface area (Å²) < 4.78 is 41.7. The van der Waals surface area contributed by atoms with Crippen molar-refractivity contribution < 1.29 is 18.0 Å². The lowest BCUT2D eigenvalue weighted by atomic mass is 10.1. The van der Waals surface area contributed by atoms with E-state index in [-0.39, 0.29) is 27.4 Å². The monoisotopic (exact) mass is 511 g/mol. The van der Waals surface area contributed by atoms with Crippen LogP contribution in [-0.2, 0) is 6.18 Å². The Bertz CT molecular complexity index is 1200. The minimum Gasteiger partial charge on any atom is -0.369 e. The molecule has 1 amide bonds. The molecular weight excluding hydrogens is 491 g/mol. The first kappa shape index (κ1) is 24.0. The van der Waals surface area contributed by atoms with E-state index in [0.29, 0.717) is 24.5 Å². The quantitative estimate of drug-likeness (QED) is 0.446. The van der Waals surface area contributed by atoms with Gasteiger partial charge in [-0.3, -0.25) is 4.79 Å². The summed E-state index contributed by atoms with van der Waals surface area (Å²) in [5.41, 5.74) is 5.23. The number of amides is 1. The zero-order valence-corrected chi connectivity index (χ0v) is 19.6. The summed E-state index contributed by atoms with van der Waals surface area (Å²) in [5, 5.41) is 7.31. The number of likely N-dealkylation sites (N-methyl/N-ethyl adjacent to an activating group) is 1. The van der Waals surface area contributed by atoms with Gasteiger partial charge in [-0.05, 0) is 36.7 Å². The lowest BCUT2D eigenvalue weighted by Crippen LogP contribution is -2.44. The first-order chi connectivity index (χ1) is 16.1. The molecule has 4 rings (SSSR count). The number of anilines is 5. The lowest BCUT2D eigenvalue weighted by molar-refractivity contribution is -0.136. The van der Waals surface area contributed by atoms with Gasteiger partial charge >= 0.3 is 6.18 Å². The summed E-state index contributed by atoms with van der Waals surface area (Å²) in [7, 11) is 1.98. The highest BCUT2D eigenvalue weighted by molar-refractivity contribution is 7.12. The molecule has 0 radical (unpaired) electrons. The number of carbonyl (C=O) groups excluding carboxylic acids is 1. The number of aromatic nitrogens is 2. The lowest BCUT2D eigenvalue weighted by Gasteiger charge is -2.34. The van der Waals surface area contributed by atoms with Crippen molar-refractivity contribution in [1.82, 2.24) is 14.9 Å². The standard InChI is InChI=1S/C21H21ClF3N7OS/c1-31-5-7-32(8-6-31)12-2-3-15(13(10-12)21(23,24)25)29-20-27-11-14(22)19(30-20)28-16-4-9-34-17(16)18(26)33/h2-4,9-11H,5-8H2,1H3,(H2,26,33)(H2,27,28,29,30). The first-order valence-corrected chi connectivity index (χ1v) is 11.5. The van der Waals surface area contributed by atoms with E-state index < -0.39 is 17.6 Å². The number of nitrogens with zero attached hydrogens (tertiary/aromatic N) is 4. The summed E-state index contributed by atoms with van der Waals surface area (Å²) in [4.78, 5) is 24.1. The number of hydrogen-bond acceptors (Lipinski definition) is 8. The third-order valence-electron chi connectivity index (χ3n) is 5.31. The van der Waals surface area contributed by atoms with Crippen LogP contribution in [0.2, 0.25) is 5.02 Å². The number of piperazine rings is 1. The van der Waals surface area contributed by atoms with E-state index in [1.807, 2.05) is 11.9 Å². The van der Waals surface area contributed by atoms with E-state index >= 15 is 0 Å². The third-order valence-corrected chi connectivity index (χ3v) is 6.52. The number of nitrogens with one attached hydrogen (secondary N) is 2. The molecular formula is C21H21ClF3N7OS. The van der Waals surface area contributed by atoms with Gasteiger partial charge in [0, 0.05) is 31.9 Å². The minimum absolute atomic E-state index is 0.0967. The SMILES string of the molecule is CN1CCN(c2ccc(Nc3ncc(Cl)c(Nc4ccsc4C(N)=O)n3)c(C(F)(F)F)c2)CC1. The van der Waals surface area contributed by atoms with Crippen LogP contribution in [0, 0.1) is 0 Å². The number of alkyl halides is 3. The number of rotatable bonds is 6. The maximum Gasteiger partial charge on any atom is 0.418 e. The molecule has 8 nitrogen and oxygen atoms in total. The molecule has 1 fully saturated rings. The number of hydrogen-bond donors (Lipinski definition) is 3. The van der Waals surface area contributed by atoms with Gasteiger partial charge in [0.1, 0.15) is 9.90 Å². The summed E-state index contributed by atoms with van der Waals surface area (Å²) in [6.45, 7) is 2.84. The zero-order valence-electron chi connectivity index (χ0n) is 18.0. The largest absolute Gasteiger partial charge is 0.418 e. The Morgan fingerprint density at radius 2 is 1.88 bits per heavy atom. The number of halogens is 4. The second-order valence-electron chi connectivity index (χ2n) is 7.69. The summed E-state index contributed by atoms with van der Waals surface area (Å²) >= 11 is 7.29. The van der Waals surface area contributed by atoms with Gasteiger partial charge < -0.3 is 26.2 Å². The van der Waals surface area contributed by atoms with Gasteiger partial charge in [0.2, 0.25) is 5.95 Å². The van der Waals surface area contributed by atoms with Crippen LogP contribution in [0.25, 0.3) is 0 Å². The highest BCUT2D eigenvalue weighted by Crippen LogP contribution is 2.39. The van der Waals surface area contributed by atoms with Gasteiger partial charge in [-0.2, -0.15) is 18.2 Å². The number of benzene rings is 1. The average molecular weight is 512 g/mol. The zero-order chi connectivity index (χ0) is 24.5. The molecule has 3 heterocycles. The molecule has 1 aromatic carbocycles.